The fraction of sp³-hybridized carbons (Fsp3) is 0.143. The molecule has 3 aromatic rings. The zero-order valence-corrected chi connectivity index (χ0v) is 14.9. The predicted molar refractivity (Wildman–Crippen MR) is 104 cm³/mol. The highest BCUT2D eigenvalue weighted by Crippen LogP contribution is 2.14. The van der Waals surface area contributed by atoms with Crippen LogP contribution in [0.1, 0.15) is 16.1 Å². The maximum absolute atomic E-state index is 13.2. The second-order valence-electron chi connectivity index (χ2n) is 5.92. The van der Waals surface area contributed by atoms with Gasteiger partial charge in [0, 0.05) is 24.1 Å². The van der Waals surface area contributed by atoms with Crippen LogP contribution in [0.15, 0.2) is 66.9 Å². The molecule has 0 aliphatic heterocycles. The molecule has 0 aliphatic rings. The van der Waals surface area contributed by atoms with Crippen LogP contribution in [0.4, 0.5) is 15.8 Å². The smallest absolute Gasteiger partial charge is 0.274 e. The molecule has 0 fully saturated rings. The molecule has 3 rings (SSSR count). The maximum Gasteiger partial charge on any atom is 0.274 e. The Labute approximate surface area is 157 Å². The van der Waals surface area contributed by atoms with Gasteiger partial charge in [0.15, 0.2) is 0 Å². The summed E-state index contributed by atoms with van der Waals surface area (Å²) in [6.45, 7) is 0.710. The number of anilines is 2. The quantitative estimate of drug-likeness (QED) is 0.661. The van der Waals surface area contributed by atoms with Crippen LogP contribution in [0, 0.1) is 5.82 Å². The van der Waals surface area contributed by atoms with E-state index in [-0.39, 0.29) is 11.6 Å². The molecular formula is C21H20FN3O2. The monoisotopic (exact) mass is 365 g/mol. The summed E-state index contributed by atoms with van der Waals surface area (Å²) >= 11 is 0. The van der Waals surface area contributed by atoms with Gasteiger partial charge >= 0.3 is 0 Å². The Kier molecular flexibility index (Phi) is 5.99. The minimum absolute atomic E-state index is 0.258. The van der Waals surface area contributed by atoms with Gasteiger partial charge in [-0.3, -0.25) is 9.78 Å². The van der Waals surface area contributed by atoms with Gasteiger partial charge in [-0.25, -0.2) is 4.39 Å². The van der Waals surface area contributed by atoms with Crippen LogP contribution in [-0.4, -0.2) is 24.5 Å². The third-order valence-electron chi connectivity index (χ3n) is 3.98. The number of nitrogens with one attached hydrogen (secondary N) is 2. The average Bonchev–Trinajstić information content (AvgIpc) is 2.69. The Morgan fingerprint density at radius 3 is 2.63 bits per heavy atom. The number of benzene rings is 2. The van der Waals surface area contributed by atoms with E-state index in [1.165, 1.54) is 23.8 Å². The predicted octanol–water partition coefficient (Wildman–Crippen LogP) is 4.14. The number of pyridine rings is 1. The number of nitrogens with zero attached hydrogens (tertiary/aromatic N) is 1. The molecule has 0 unspecified atom stereocenters. The number of methoxy groups -OCH3 is 1. The van der Waals surface area contributed by atoms with Crippen LogP contribution >= 0.6 is 0 Å². The third-order valence-corrected chi connectivity index (χ3v) is 3.98. The van der Waals surface area contributed by atoms with Crippen molar-refractivity contribution in [1.82, 2.24) is 4.98 Å². The van der Waals surface area contributed by atoms with E-state index in [0.717, 1.165) is 17.9 Å². The molecule has 1 heterocycles. The van der Waals surface area contributed by atoms with Crippen LogP contribution < -0.4 is 15.4 Å². The molecule has 0 bridgehead atoms. The van der Waals surface area contributed by atoms with Gasteiger partial charge in [0.2, 0.25) is 0 Å². The molecule has 0 radical (unpaired) electrons. The number of hydrogen-bond acceptors (Lipinski definition) is 4. The van der Waals surface area contributed by atoms with Crippen molar-refractivity contribution in [3.05, 3.63) is 83.9 Å². The Balaban J connectivity index is 1.57. The molecule has 6 heteroatoms. The number of halogens is 1. The fourth-order valence-corrected chi connectivity index (χ4v) is 2.57. The van der Waals surface area contributed by atoms with E-state index in [9.17, 15) is 9.18 Å². The molecule has 0 aliphatic carbocycles. The first-order valence-corrected chi connectivity index (χ1v) is 8.54. The van der Waals surface area contributed by atoms with Crippen LogP contribution in [-0.2, 0) is 6.42 Å². The van der Waals surface area contributed by atoms with Gasteiger partial charge in [0.25, 0.3) is 5.91 Å². The van der Waals surface area contributed by atoms with Crippen LogP contribution in [0.25, 0.3) is 0 Å². The van der Waals surface area contributed by atoms with E-state index in [4.69, 9.17) is 4.74 Å². The largest absolute Gasteiger partial charge is 0.497 e. The summed E-state index contributed by atoms with van der Waals surface area (Å²) < 4.78 is 18.4. The van der Waals surface area contributed by atoms with Crippen molar-refractivity contribution in [2.24, 2.45) is 0 Å². The summed E-state index contributed by atoms with van der Waals surface area (Å²) in [6.07, 6.45) is 2.40. The Bertz CT molecular complexity index is 913. The molecule has 138 valence electrons. The maximum atomic E-state index is 13.2. The molecule has 2 aromatic carbocycles. The highest BCUT2D eigenvalue weighted by Gasteiger charge is 2.09. The van der Waals surface area contributed by atoms with Gasteiger partial charge in [-0.2, -0.15) is 0 Å². The number of rotatable bonds is 7. The van der Waals surface area contributed by atoms with Gasteiger partial charge in [-0.1, -0.05) is 18.2 Å². The number of aromatic nitrogens is 1. The molecule has 27 heavy (non-hydrogen) atoms. The van der Waals surface area contributed by atoms with E-state index in [1.54, 1.807) is 31.5 Å². The second kappa shape index (κ2) is 8.80. The number of carbonyl (C=O) groups is 1. The first-order valence-electron chi connectivity index (χ1n) is 8.54. The first-order chi connectivity index (χ1) is 13.1. The summed E-state index contributed by atoms with van der Waals surface area (Å²) in [5.74, 6) is 0.0314. The van der Waals surface area contributed by atoms with Crippen molar-refractivity contribution in [3.63, 3.8) is 0 Å². The molecule has 5 nitrogen and oxygen atoms in total. The molecule has 0 atom stereocenters. The summed E-state index contributed by atoms with van der Waals surface area (Å²) in [4.78, 5) is 16.4. The Morgan fingerprint density at radius 2 is 1.89 bits per heavy atom. The van der Waals surface area contributed by atoms with E-state index < -0.39 is 5.82 Å². The molecule has 0 spiro atoms. The molecule has 2 N–H and O–H groups in total. The molecular weight excluding hydrogens is 345 g/mol. The van der Waals surface area contributed by atoms with Gasteiger partial charge < -0.3 is 15.4 Å². The van der Waals surface area contributed by atoms with Crippen LogP contribution in [0.5, 0.6) is 5.75 Å². The van der Waals surface area contributed by atoms with E-state index >= 15 is 0 Å². The molecule has 0 saturated carbocycles. The van der Waals surface area contributed by atoms with E-state index in [1.807, 2.05) is 24.3 Å². The Morgan fingerprint density at radius 1 is 1.07 bits per heavy atom. The lowest BCUT2D eigenvalue weighted by molar-refractivity contribution is 0.102. The number of hydrogen-bond donors (Lipinski definition) is 2. The van der Waals surface area contributed by atoms with Crippen molar-refractivity contribution in [3.8, 4) is 5.75 Å². The lowest BCUT2D eigenvalue weighted by atomic mass is 10.1. The zero-order valence-electron chi connectivity index (χ0n) is 14.9. The lowest BCUT2D eigenvalue weighted by Gasteiger charge is -2.09. The normalized spacial score (nSPS) is 10.3. The summed E-state index contributed by atoms with van der Waals surface area (Å²) in [5, 5.41) is 5.92. The van der Waals surface area contributed by atoms with Gasteiger partial charge in [-0.15, -0.1) is 0 Å². The highest BCUT2D eigenvalue weighted by atomic mass is 19.1. The average molecular weight is 365 g/mol. The van der Waals surface area contributed by atoms with Crippen LogP contribution in [0.2, 0.25) is 0 Å². The van der Waals surface area contributed by atoms with Crippen molar-refractivity contribution < 1.29 is 13.9 Å². The van der Waals surface area contributed by atoms with Crippen molar-refractivity contribution in [2.75, 3.05) is 24.3 Å². The second-order valence-corrected chi connectivity index (χ2v) is 5.92. The Hall–Kier alpha value is -3.41. The SMILES string of the molecule is COc1ccc(CCNc2ccnc(C(=O)Nc3cccc(F)c3)c2)cc1. The number of amides is 1. The fourth-order valence-electron chi connectivity index (χ4n) is 2.57. The van der Waals surface area contributed by atoms with Crippen molar-refractivity contribution in [2.45, 2.75) is 6.42 Å². The summed E-state index contributed by atoms with van der Waals surface area (Å²) in [6, 6.07) is 17.1. The highest BCUT2D eigenvalue weighted by molar-refractivity contribution is 6.03. The van der Waals surface area contributed by atoms with Crippen molar-refractivity contribution >= 4 is 17.3 Å². The van der Waals surface area contributed by atoms with E-state index in [0.29, 0.717) is 12.2 Å². The van der Waals surface area contributed by atoms with Gasteiger partial charge in [0.05, 0.1) is 7.11 Å². The summed E-state index contributed by atoms with van der Waals surface area (Å²) in [7, 11) is 1.64. The molecule has 1 amide bonds. The molecule has 0 saturated heterocycles. The zero-order chi connectivity index (χ0) is 19.1. The van der Waals surface area contributed by atoms with Gasteiger partial charge in [-0.05, 0) is 54.4 Å². The molecule has 1 aromatic heterocycles. The number of ether oxygens (including phenoxy) is 1. The minimum Gasteiger partial charge on any atom is -0.497 e. The first kappa shape index (κ1) is 18.4. The van der Waals surface area contributed by atoms with Gasteiger partial charge in [0.1, 0.15) is 17.3 Å². The number of carbonyl (C=O) groups excluding carboxylic acids is 1. The minimum atomic E-state index is -0.408. The van der Waals surface area contributed by atoms with E-state index in [2.05, 4.69) is 15.6 Å². The standard InChI is InChI=1S/C21H20FN3O2/c1-27-19-7-5-15(6-8-19)9-11-23-17-10-12-24-20(14-17)21(26)25-18-4-2-3-16(22)13-18/h2-8,10,12-14H,9,11H2,1H3,(H,23,24)(H,25,26). The third kappa shape index (κ3) is 5.28. The topological polar surface area (TPSA) is 63.2 Å². The summed E-state index contributed by atoms with van der Waals surface area (Å²) in [5.41, 5.74) is 2.62. The van der Waals surface area contributed by atoms with Crippen LogP contribution in [0.3, 0.4) is 0 Å². The lowest BCUT2D eigenvalue weighted by Crippen LogP contribution is -2.14. The van der Waals surface area contributed by atoms with Crippen molar-refractivity contribution in [1.29, 1.82) is 0 Å².